The van der Waals surface area contributed by atoms with E-state index in [0.717, 1.165) is 0 Å². The number of alkyl halides is 1. The summed E-state index contributed by atoms with van der Waals surface area (Å²) in [4.78, 5) is 5.74. The van der Waals surface area contributed by atoms with Gasteiger partial charge >= 0.3 is 0 Å². The van der Waals surface area contributed by atoms with Crippen LogP contribution in [0.3, 0.4) is 0 Å². The summed E-state index contributed by atoms with van der Waals surface area (Å²) < 4.78 is 0.546. The Bertz CT molecular complexity index is 207. The van der Waals surface area contributed by atoms with Crippen molar-refractivity contribution in [1.82, 2.24) is 4.98 Å². The second kappa shape index (κ2) is 3.85. The zero-order chi connectivity index (χ0) is 8.43. The van der Waals surface area contributed by atoms with Crippen molar-refractivity contribution in [1.29, 1.82) is 0 Å². The Morgan fingerprint density at radius 1 is 1.45 bits per heavy atom. The summed E-state index contributed by atoms with van der Waals surface area (Å²) in [6.07, 6.45) is 2.00. The van der Waals surface area contributed by atoms with Gasteiger partial charge in [0.25, 0.3) is 0 Å². The van der Waals surface area contributed by atoms with Crippen molar-refractivity contribution in [3.8, 4) is 0 Å². The number of nitrogens with zero attached hydrogens (tertiary/aromatic N) is 1. The SMILES string of the molecule is CC(C)c1cnc(C(C)I)s1. The molecule has 0 saturated heterocycles. The smallest absolute Gasteiger partial charge is 0.105 e. The molecule has 1 unspecified atom stereocenters. The minimum atomic E-state index is 0.546. The average Bonchev–Trinajstić information content (AvgIpc) is 2.33. The molecule has 1 nitrogen and oxygen atoms in total. The van der Waals surface area contributed by atoms with Gasteiger partial charge in [-0.15, -0.1) is 11.3 Å². The van der Waals surface area contributed by atoms with E-state index in [4.69, 9.17) is 0 Å². The molecule has 0 spiro atoms. The lowest BCUT2D eigenvalue weighted by molar-refractivity contribution is 0.885. The van der Waals surface area contributed by atoms with Crippen LogP contribution in [-0.4, -0.2) is 4.98 Å². The van der Waals surface area contributed by atoms with Crippen LogP contribution in [0.2, 0.25) is 0 Å². The van der Waals surface area contributed by atoms with Gasteiger partial charge in [-0.1, -0.05) is 36.4 Å². The summed E-state index contributed by atoms with van der Waals surface area (Å²) >= 11 is 4.22. The maximum Gasteiger partial charge on any atom is 0.105 e. The molecule has 3 heteroatoms. The molecule has 1 aromatic rings. The molecule has 0 amide bonds. The van der Waals surface area contributed by atoms with Crippen molar-refractivity contribution >= 4 is 33.9 Å². The highest BCUT2D eigenvalue weighted by Crippen LogP contribution is 2.29. The van der Waals surface area contributed by atoms with Crippen LogP contribution in [0.1, 0.15) is 40.5 Å². The van der Waals surface area contributed by atoms with Crippen molar-refractivity contribution in [2.45, 2.75) is 30.6 Å². The van der Waals surface area contributed by atoms with Gasteiger partial charge in [-0.05, 0) is 12.8 Å². The van der Waals surface area contributed by atoms with Crippen LogP contribution in [0.5, 0.6) is 0 Å². The Kier molecular flexibility index (Phi) is 3.30. The van der Waals surface area contributed by atoms with Gasteiger partial charge in [-0.2, -0.15) is 0 Å². The average molecular weight is 281 g/mol. The molecule has 0 radical (unpaired) electrons. The summed E-state index contributed by atoms with van der Waals surface area (Å²) in [5.41, 5.74) is 0. The highest BCUT2D eigenvalue weighted by Gasteiger charge is 2.08. The molecule has 0 aromatic carbocycles. The van der Waals surface area contributed by atoms with Gasteiger partial charge in [0.15, 0.2) is 0 Å². The first kappa shape index (κ1) is 9.45. The number of hydrogen-bond donors (Lipinski definition) is 0. The number of aromatic nitrogens is 1. The summed E-state index contributed by atoms with van der Waals surface area (Å²) in [7, 11) is 0. The highest BCUT2D eigenvalue weighted by atomic mass is 127. The number of hydrogen-bond acceptors (Lipinski definition) is 2. The van der Waals surface area contributed by atoms with Crippen LogP contribution in [0.4, 0.5) is 0 Å². The van der Waals surface area contributed by atoms with Gasteiger partial charge < -0.3 is 0 Å². The quantitative estimate of drug-likeness (QED) is 0.594. The van der Waals surface area contributed by atoms with Crippen LogP contribution < -0.4 is 0 Å². The number of halogens is 1. The summed E-state index contributed by atoms with van der Waals surface area (Å²) in [5.74, 6) is 0.622. The molecule has 0 bridgehead atoms. The van der Waals surface area contributed by atoms with Gasteiger partial charge in [0.05, 0.1) is 3.92 Å². The maximum atomic E-state index is 4.35. The van der Waals surface area contributed by atoms with Crippen LogP contribution in [0.15, 0.2) is 6.20 Å². The fourth-order valence-electron chi connectivity index (χ4n) is 0.752. The van der Waals surface area contributed by atoms with Gasteiger partial charge in [0.2, 0.25) is 0 Å². The standard InChI is InChI=1S/C8H12INS/c1-5(2)7-4-10-8(11-7)6(3)9/h4-6H,1-3H3. The van der Waals surface area contributed by atoms with Crippen molar-refractivity contribution in [2.24, 2.45) is 0 Å². The third-order valence-corrected chi connectivity index (χ3v) is 3.94. The fourth-order valence-corrected chi connectivity index (χ4v) is 2.14. The van der Waals surface area contributed by atoms with Crippen LogP contribution in [-0.2, 0) is 0 Å². The molecule has 1 heterocycles. The van der Waals surface area contributed by atoms with E-state index >= 15 is 0 Å². The van der Waals surface area contributed by atoms with Gasteiger partial charge in [0, 0.05) is 11.1 Å². The van der Waals surface area contributed by atoms with Crippen molar-refractivity contribution in [2.75, 3.05) is 0 Å². The molecular weight excluding hydrogens is 269 g/mol. The molecule has 1 atom stereocenters. The predicted molar refractivity (Wildman–Crippen MR) is 58.6 cm³/mol. The summed E-state index contributed by atoms with van der Waals surface area (Å²) in [6.45, 7) is 6.58. The Morgan fingerprint density at radius 3 is 2.36 bits per heavy atom. The van der Waals surface area contributed by atoms with Gasteiger partial charge in [-0.25, -0.2) is 4.98 Å². The Morgan fingerprint density at radius 2 is 2.09 bits per heavy atom. The second-order valence-electron chi connectivity index (χ2n) is 2.87. The van der Waals surface area contributed by atoms with Crippen molar-refractivity contribution in [3.05, 3.63) is 16.1 Å². The molecule has 0 N–H and O–H groups in total. The first-order valence-corrected chi connectivity index (χ1v) is 5.77. The van der Waals surface area contributed by atoms with Gasteiger partial charge in [-0.3, -0.25) is 0 Å². The molecule has 0 aliphatic carbocycles. The van der Waals surface area contributed by atoms with E-state index in [1.165, 1.54) is 9.88 Å². The third-order valence-electron chi connectivity index (χ3n) is 1.45. The molecule has 11 heavy (non-hydrogen) atoms. The lowest BCUT2D eigenvalue weighted by Crippen LogP contribution is -1.78. The topological polar surface area (TPSA) is 12.9 Å². The van der Waals surface area contributed by atoms with Crippen molar-refractivity contribution < 1.29 is 0 Å². The molecule has 0 fully saturated rings. The number of rotatable bonds is 2. The summed E-state index contributed by atoms with van der Waals surface area (Å²) in [6, 6.07) is 0. The van der Waals surface area contributed by atoms with E-state index in [-0.39, 0.29) is 0 Å². The zero-order valence-electron chi connectivity index (χ0n) is 6.97. The number of thiazole rings is 1. The van der Waals surface area contributed by atoms with E-state index < -0.39 is 0 Å². The zero-order valence-corrected chi connectivity index (χ0v) is 9.94. The normalized spacial score (nSPS) is 13.9. The lowest BCUT2D eigenvalue weighted by Gasteiger charge is -1.97. The first-order chi connectivity index (χ1) is 5.11. The minimum Gasteiger partial charge on any atom is -0.248 e. The predicted octanol–water partition coefficient (Wildman–Crippen LogP) is 3.76. The van der Waals surface area contributed by atoms with E-state index in [2.05, 4.69) is 48.3 Å². The molecule has 0 aliphatic heterocycles. The first-order valence-electron chi connectivity index (χ1n) is 3.71. The van der Waals surface area contributed by atoms with Crippen molar-refractivity contribution in [3.63, 3.8) is 0 Å². The van der Waals surface area contributed by atoms with E-state index in [1.54, 1.807) is 0 Å². The Balaban J connectivity index is 2.82. The van der Waals surface area contributed by atoms with Crippen LogP contribution in [0.25, 0.3) is 0 Å². The van der Waals surface area contributed by atoms with E-state index in [0.29, 0.717) is 9.84 Å². The third kappa shape index (κ3) is 2.40. The van der Waals surface area contributed by atoms with Gasteiger partial charge in [0.1, 0.15) is 5.01 Å². The Labute approximate surface area is 85.4 Å². The molecule has 0 aliphatic rings. The second-order valence-corrected chi connectivity index (χ2v) is 5.83. The van der Waals surface area contributed by atoms with E-state index in [1.807, 2.05) is 17.5 Å². The van der Waals surface area contributed by atoms with Crippen LogP contribution >= 0.6 is 33.9 Å². The fraction of sp³-hybridized carbons (Fsp3) is 0.625. The minimum absolute atomic E-state index is 0.546. The largest absolute Gasteiger partial charge is 0.248 e. The molecule has 62 valence electrons. The highest BCUT2D eigenvalue weighted by molar-refractivity contribution is 14.1. The maximum absolute atomic E-state index is 4.35. The Hall–Kier alpha value is 0.360. The molecule has 1 rings (SSSR count). The summed E-state index contributed by atoms with van der Waals surface area (Å²) in [5, 5.41) is 1.24. The lowest BCUT2D eigenvalue weighted by atomic mass is 10.2. The van der Waals surface area contributed by atoms with Crippen LogP contribution in [0, 0.1) is 0 Å². The molecule has 0 saturated carbocycles. The van der Waals surface area contributed by atoms with E-state index in [9.17, 15) is 0 Å². The monoisotopic (exact) mass is 281 g/mol. The molecule has 1 aromatic heterocycles. The molecular formula is C8H12INS.